The van der Waals surface area contributed by atoms with E-state index in [4.69, 9.17) is 9.47 Å². The molecule has 23 heavy (non-hydrogen) atoms. The third-order valence-corrected chi connectivity index (χ3v) is 3.18. The molecular weight excluding hydrogens is 290 g/mol. The van der Waals surface area contributed by atoms with Crippen LogP contribution in [0.3, 0.4) is 0 Å². The van der Waals surface area contributed by atoms with Gasteiger partial charge in [-0.25, -0.2) is 9.97 Å². The summed E-state index contributed by atoms with van der Waals surface area (Å²) in [5, 5.41) is 4.16. The number of rotatable bonds is 4. The van der Waals surface area contributed by atoms with E-state index in [1.54, 1.807) is 14.2 Å². The maximum Gasteiger partial charge on any atom is 0.162 e. The molecule has 5 nitrogen and oxygen atoms in total. The number of nitrogens with zero attached hydrogens (tertiary/aromatic N) is 2. The van der Waals surface area contributed by atoms with Crippen LogP contribution in [0.5, 0.6) is 11.5 Å². The Hall–Kier alpha value is -2.82. The minimum Gasteiger partial charge on any atom is -0.493 e. The van der Waals surface area contributed by atoms with E-state index in [2.05, 4.69) is 15.3 Å². The Morgan fingerprint density at radius 3 is 2.17 bits per heavy atom. The minimum absolute atomic E-state index is 0.648. The Labute approximate surface area is 136 Å². The molecule has 3 rings (SSSR count). The first-order valence-corrected chi connectivity index (χ1v) is 7.50. The summed E-state index contributed by atoms with van der Waals surface area (Å²) >= 11 is 0. The number of benzene rings is 2. The third kappa shape index (κ3) is 3.69. The summed E-state index contributed by atoms with van der Waals surface area (Å²) in [7, 11) is 3.21. The highest BCUT2D eigenvalue weighted by Gasteiger charge is 2.10. The van der Waals surface area contributed by atoms with Crippen molar-refractivity contribution < 1.29 is 9.47 Å². The van der Waals surface area contributed by atoms with Crippen LogP contribution in [0, 0.1) is 0 Å². The summed E-state index contributed by atoms with van der Waals surface area (Å²) in [5.41, 5.74) is 1.76. The molecule has 0 saturated heterocycles. The molecule has 0 aliphatic carbocycles. The van der Waals surface area contributed by atoms with Crippen molar-refractivity contribution in [2.45, 2.75) is 13.8 Å². The summed E-state index contributed by atoms with van der Waals surface area (Å²) in [6, 6.07) is 13.6. The largest absolute Gasteiger partial charge is 0.493 e. The molecule has 5 heteroatoms. The number of hydrogen-bond acceptors (Lipinski definition) is 5. The Bertz CT molecular complexity index is 761. The number of aromatic nitrogens is 2. The van der Waals surface area contributed by atoms with Gasteiger partial charge in [0.05, 0.1) is 19.7 Å². The molecule has 3 aromatic rings. The number of ether oxygens (including phenoxy) is 2. The van der Waals surface area contributed by atoms with Crippen LogP contribution in [-0.2, 0) is 0 Å². The standard InChI is InChI=1S/C16H15N3O2.C2H6/c1-20-14-8-12-13(9-15(14)21-2)17-10-18-16(12)19-11-6-4-3-5-7-11;1-2/h3-10H,1-2H3,(H,17,18,19);1-2H3. The van der Waals surface area contributed by atoms with Crippen molar-refractivity contribution in [1.82, 2.24) is 9.97 Å². The van der Waals surface area contributed by atoms with Gasteiger partial charge in [-0.05, 0) is 18.2 Å². The molecule has 0 spiro atoms. The van der Waals surface area contributed by atoms with E-state index in [9.17, 15) is 0 Å². The van der Waals surface area contributed by atoms with E-state index in [1.807, 2.05) is 56.3 Å². The zero-order valence-corrected chi connectivity index (χ0v) is 13.8. The minimum atomic E-state index is 0.648. The second-order valence-electron chi connectivity index (χ2n) is 4.44. The van der Waals surface area contributed by atoms with E-state index >= 15 is 0 Å². The topological polar surface area (TPSA) is 56.3 Å². The van der Waals surface area contributed by atoms with Crippen LogP contribution in [0.2, 0.25) is 0 Å². The molecule has 0 aliphatic rings. The molecule has 0 bridgehead atoms. The first kappa shape index (κ1) is 16.5. The van der Waals surface area contributed by atoms with Crippen LogP contribution in [0.1, 0.15) is 13.8 Å². The smallest absolute Gasteiger partial charge is 0.162 e. The van der Waals surface area contributed by atoms with Gasteiger partial charge in [-0.15, -0.1) is 0 Å². The summed E-state index contributed by atoms with van der Waals surface area (Å²) in [5.74, 6) is 2.03. The molecule has 0 radical (unpaired) electrons. The second-order valence-corrected chi connectivity index (χ2v) is 4.44. The fourth-order valence-corrected chi connectivity index (χ4v) is 2.14. The van der Waals surface area contributed by atoms with E-state index in [1.165, 1.54) is 6.33 Å². The van der Waals surface area contributed by atoms with E-state index in [0.717, 1.165) is 22.4 Å². The molecule has 1 heterocycles. The molecule has 0 atom stereocenters. The summed E-state index contributed by atoms with van der Waals surface area (Å²) < 4.78 is 10.6. The Balaban J connectivity index is 0.000000924. The van der Waals surface area contributed by atoms with Gasteiger partial charge >= 0.3 is 0 Å². The van der Waals surface area contributed by atoms with Gasteiger partial charge < -0.3 is 14.8 Å². The predicted molar refractivity (Wildman–Crippen MR) is 93.7 cm³/mol. The number of nitrogens with one attached hydrogen (secondary N) is 1. The van der Waals surface area contributed by atoms with Crippen LogP contribution >= 0.6 is 0 Å². The van der Waals surface area contributed by atoms with Crippen LogP contribution in [0.15, 0.2) is 48.8 Å². The molecule has 1 aromatic heterocycles. The first-order valence-electron chi connectivity index (χ1n) is 7.50. The van der Waals surface area contributed by atoms with Crippen LogP contribution in [-0.4, -0.2) is 24.2 Å². The van der Waals surface area contributed by atoms with Gasteiger partial charge in [-0.1, -0.05) is 32.0 Å². The molecule has 0 saturated carbocycles. The molecule has 2 aromatic carbocycles. The number of para-hydroxylation sites is 1. The molecule has 0 aliphatic heterocycles. The summed E-state index contributed by atoms with van der Waals surface area (Å²) in [4.78, 5) is 8.60. The summed E-state index contributed by atoms with van der Waals surface area (Å²) in [6.45, 7) is 4.00. The van der Waals surface area contributed by atoms with Gasteiger partial charge in [0.25, 0.3) is 0 Å². The first-order chi connectivity index (χ1) is 11.3. The van der Waals surface area contributed by atoms with Gasteiger partial charge in [0.15, 0.2) is 11.5 Å². The SMILES string of the molecule is CC.COc1cc2ncnc(Nc3ccccc3)c2cc1OC. The van der Waals surface area contributed by atoms with E-state index in [-0.39, 0.29) is 0 Å². The van der Waals surface area contributed by atoms with Crippen molar-refractivity contribution in [1.29, 1.82) is 0 Å². The second kappa shape index (κ2) is 7.98. The van der Waals surface area contributed by atoms with E-state index in [0.29, 0.717) is 11.5 Å². The predicted octanol–water partition coefficient (Wildman–Crippen LogP) is 4.42. The molecular formula is C18H21N3O2. The number of fused-ring (bicyclic) bond motifs is 1. The lowest BCUT2D eigenvalue weighted by molar-refractivity contribution is 0.356. The highest BCUT2D eigenvalue weighted by atomic mass is 16.5. The fourth-order valence-electron chi connectivity index (χ4n) is 2.14. The number of methoxy groups -OCH3 is 2. The molecule has 0 fully saturated rings. The number of hydrogen-bond donors (Lipinski definition) is 1. The Kier molecular flexibility index (Phi) is 5.74. The third-order valence-electron chi connectivity index (χ3n) is 3.18. The average Bonchev–Trinajstić information content (AvgIpc) is 2.63. The Morgan fingerprint density at radius 2 is 1.52 bits per heavy atom. The van der Waals surface area contributed by atoms with Crippen molar-refractivity contribution in [3.8, 4) is 11.5 Å². The Morgan fingerprint density at radius 1 is 0.870 bits per heavy atom. The maximum atomic E-state index is 5.34. The van der Waals surface area contributed by atoms with Crippen molar-refractivity contribution in [3.63, 3.8) is 0 Å². The van der Waals surface area contributed by atoms with Gasteiger partial charge in [-0.2, -0.15) is 0 Å². The van der Waals surface area contributed by atoms with Crippen molar-refractivity contribution in [3.05, 3.63) is 48.8 Å². The van der Waals surface area contributed by atoms with Gasteiger partial charge in [0.2, 0.25) is 0 Å². The van der Waals surface area contributed by atoms with E-state index < -0.39 is 0 Å². The zero-order chi connectivity index (χ0) is 16.7. The zero-order valence-electron chi connectivity index (χ0n) is 13.8. The number of anilines is 2. The highest BCUT2D eigenvalue weighted by Crippen LogP contribution is 2.34. The van der Waals surface area contributed by atoms with Crippen molar-refractivity contribution in [2.75, 3.05) is 19.5 Å². The molecule has 1 N–H and O–H groups in total. The van der Waals surface area contributed by atoms with Crippen molar-refractivity contribution in [2.24, 2.45) is 0 Å². The summed E-state index contributed by atoms with van der Waals surface area (Å²) in [6.07, 6.45) is 1.53. The van der Waals surface area contributed by atoms with Gasteiger partial charge in [0.1, 0.15) is 12.1 Å². The molecule has 0 amide bonds. The van der Waals surface area contributed by atoms with Gasteiger partial charge in [-0.3, -0.25) is 0 Å². The maximum absolute atomic E-state index is 5.34. The van der Waals surface area contributed by atoms with Crippen LogP contribution in [0.25, 0.3) is 10.9 Å². The lowest BCUT2D eigenvalue weighted by Crippen LogP contribution is -1.97. The van der Waals surface area contributed by atoms with Crippen LogP contribution < -0.4 is 14.8 Å². The van der Waals surface area contributed by atoms with Crippen LogP contribution in [0.4, 0.5) is 11.5 Å². The lowest BCUT2D eigenvalue weighted by Gasteiger charge is -2.12. The van der Waals surface area contributed by atoms with Crippen molar-refractivity contribution >= 4 is 22.4 Å². The molecule has 120 valence electrons. The van der Waals surface area contributed by atoms with Gasteiger partial charge in [0, 0.05) is 17.1 Å². The molecule has 0 unspecified atom stereocenters. The quantitative estimate of drug-likeness (QED) is 0.773. The highest BCUT2D eigenvalue weighted by molar-refractivity contribution is 5.93. The normalized spacial score (nSPS) is 9.74. The average molecular weight is 311 g/mol. The lowest BCUT2D eigenvalue weighted by atomic mass is 10.2. The fraction of sp³-hybridized carbons (Fsp3) is 0.222. The monoisotopic (exact) mass is 311 g/mol.